The van der Waals surface area contributed by atoms with Crippen molar-refractivity contribution in [1.82, 2.24) is 14.8 Å². The highest BCUT2D eigenvalue weighted by Crippen LogP contribution is 2.24. The third-order valence-electron chi connectivity index (χ3n) is 3.68. The van der Waals surface area contributed by atoms with Crippen LogP contribution < -0.4 is 11.1 Å². The Labute approximate surface area is 123 Å². The topological polar surface area (TPSA) is 97.4 Å². The summed E-state index contributed by atoms with van der Waals surface area (Å²) < 4.78 is 1.74. The quantitative estimate of drug-likeness (QED) is 0.777. The van der Waals surface area contributed by atoms with Crippen molar-refractivity contribution in [3.05, 3.63) is 18.0 Å². The monoisotopic (exact) mass is 292 g/mol. The molecule has 114 valence electrons. The second kappa shape index (κ2) is 4.91. The van der Waals surface area contributed by atoms with Gasteiger partial charge < -0.3 is 15.2 Å². The van der Waals surface area contributed by atoms with Gasteiger partial charge in [0.25, 0.3) is 11.8 Å². The highest BCUT2D eigenvalue weighted by atomic mass is 16.2. The molecule has 0 atom stereocenters. The standard InChI is InChI=1S/C14H20N4O3/c1-8(2)17-6-9(15)5-10(17)12(20)18-7-11(19)16-13(21)14(18,3)4/h5-6,8H,7,15H2,1-4H3,(H,16,19,21). The fourth-order valence-electron chi connectivity index (χ4n) is 2.35. The number of imide groups is 1. The largest absolute Gasteiger partial charge is 0.397 e. The first-order valence-electron chi connectivity index (χ1n) is 6.78. The number of piperazine rings is 1. The molecule has 0 spiro atoms. The lowest BCUT2D eigenvalue weighted by Crippen LogP contribution is -2.65. The summed E-state index contributed by atoms with van der Waals surface area (Å²) in [5.41, 5.74) is 5.52. The number of rotatable bonds is 2. The van der Waals surface area contributed by atoms with E-state index in [1.165, 1.54) is 4.90 Å². The highest BCUT2D eigenvalue weighted by Gasteiger charge is 2.44. The van der Waals surface area contributed by atoms with Gasteiger partial charge in [-0.05, 0) is 33.8 Å². The maximum atomic E-state index is 12.8. The van der Waals surface area contributed by atoms with E-state index >= 15 is 0 Å². The first kappa shape index (κ1) is 15.1. The second-order valence-electron chi connectivity index (χ2n) is 5.99. The molecule has 7 heteroatoms. The van der Waals surface area contributed by atoms with Crippen molar-refractivity contribution in [2.75, 3.05) is 12.3 Å². The smallest absolute Gasteiger partial charge is 0.271 e. The van der Waals surface area contributed by atoms with Crippen molar-refractivity contribution >= 4 is 23.4 Å². The van der Waals surface area contributed by atoms with Crippen LogP contribution in [0.4, 0.5) is 5.69 Å². The Morgan fingerprint density at radius 3 is 2.57 bits per heavy atom. The summed E-state index contributed by atoms with van der Waals surface area (Å²) in [6.07, 6.45) is 1.68. The number of hydrogen-bond donors (Lipinski definition) is 2. The van der Waals surface area contributed by atoms with Crippen molar-refractivity contribution in [2.45, 2.75) is 39.3 Å². The van der Waals surface area contributed by atoms with E-state index in [2.05, 4.69) is 5.32 Å². The first-order valence-corrected chi connectivity index (χ1v) is 6.78. The normalized spacial score (nSPS) is 18.0. The maximum absolute atomic E-state index is 12.8. The molecule has 3 amide bonds. The molecule has 2 heterocycles. The summed E-state index contributed by atoms with van der Waals surface area (Å²) in [5.74, 6) is -1.35. The number of anilines is 1. The Morgan fingerprint density at radius 1 is 1.38 bits per heavy atom. The molecule has 0 bridgehead atoms. The highest BCUT2D eigenvalue weighted by molar-refractivity contribution is 6.08. The van der Waals surface area contributed by atoms with Gasteiger partial charge in [-0.1, -0.05) is 0 Å². The lowest BCUT2D eigenvalue weighted by Gasteiger charge is -2.40. The summed E-state index contributed by atoms with van der Waals surface area (Å²) in [7, 11) is 0. The van der Waals surface area contributed by atoms with E-state index in [0.717, 1.165) is 0 Å². The van der Waals surface area contributed by atoms with Gasteiger partial charge in [0.1, 0.15) is 17.8 Å². The Balaban J connectivity index is 2.43. The van der Waals surface area contributed by atoms with Crippen LogP contribution in [-0.4, -0.2) is 39.3 Å². The van der Waals surface area contributed by atoms with Gasteiger partial charge in [0.05, 0.1) is 5.69 Å². The molecule has 1 aromatic heterocycles. The van der Waals surface area contributed by atoms with Crippen LogP contribution in [0.2, 0.25) is 0 Å². The van der Waals surface area contributed by atoms with Crippen molar-refractivity contribution in [2.24, 2.45) is 0 Å². The van der Waals surface area contributed by atoms with Crippen molar-refractivity contribution in [3.8, 4) is 0 Å². The number of hydrogen-bond acceptors (Lipinski definition) is 4. The molecule has 0 radical (unpaired) electrons. The molecular weight excluding hydrogens is 272 g/mol. The molecular formula is C14H20N4O3. The van der Waals surface area contributed by atoms with Crippen LogP contribution in [0.3, 0.4) is 0 Å². The molecule has 1 aliphatic rings. The van der Waals surface area contributed by atoms with E-state index < -0.39 is 17.4 Å². The third kappa shape index (κ3) is 2.51. The maximum Gasteiger partial charge on any atom is 0.271 e. The molecule has 0 unspecified atom stereocenters. The average Bonchev–Trinajstić information content (AvgIpc) is 2.75. The predicted molar refractivity (Wildman–Crippen MR) is 77.5 cm³/mol. The van der Waals surface area contributed by atoms with E-state index in [0.29, 0.717) is 11.4 Å². The number of nitrogens with zero attached hydrogens (tertiary/aromatic N) is 2. The minimum Gasteiger partial charge on any atom is -0.397 e. The fourth-order valence-corrected chi connectivity index (χ4v) is 2.35. The number of carbonyl (C=O) groups excluding carboxylic acids is 3. The summed E-state index contributed by atoms with van der Waals surface area (Å²) in [4.78, 5) is 37.6. The van der Waals surface area contributed by atoms with E-state index in [-0.39, 0.29) is 18.5 Å². The second-order valence-corrected chi connectivity index (χ2v) is 5.99. The average molecular weight is 292 g/mol. The van der Waals surface area contributed by atoms with Gasteiger partial charge in [0.2, 0.25) is 5.91 Å². The lowest BCUT2D eigenvalue weighted by molar-refractivity contribution is -0.143. The summed E-state index contributed by atoms with van der Waals surface area (Å²) in [6, 6.07) is 1.61. The predicted octanol–water partition coefficient (Wildman–Crippen LogP) is 0.528. The van der Waals surface area contributed by atoms with Gasteiger partial charge in [-0.2, -0.15) is 0 Å². The summed E-state index contributed by atoms with van der Waals surface area (Å²) in [5, 5.41) is 2.25. The van der Waals surface area contributed by atoms with E-state index in [4.69, 9.17) is 5.73 Å². The third-order valence-corrected chi connectivity index (χ3v) is 3.68. The van der Waals surface area contributed by atoms with Crippen LogP contribution in [0.5, 0.6) is 0 Å². The van der Waals surface area contributed by atoms with Crippen LogP contribution in [0.25, 0.3) is 0 Å². The molecule has 1 fully saturated rings. The Hall–Kier alpha value is -2.31. The molecule has 21 heavy (non-hydrogen) atoms. The van der Waals surface area contributed by atoms with Gasteiger partial charge in [0, 0.05) is 12.2 Å². The van der Waals surface area contributed by atoms with Gasteiger partial charge in [0.15, 0.2) is 0 Å². The van der Waals surface area contributed by atoms with Crippen LogP contribution in [0, 0.1) is 0 Å². The number of nitrogens with two attached hydrogens (primary N) is 1. The van der Waals surface area contributed by atoms with Crippen LogP contribution >= 0.6 is 0 Å². The van der Waals surface area contributed by atoms with Crippen molar-refractivity contribution in [3.63, 3.8) is 0 Å². The number of aromatic nitrogens is 1. The zero-order chi connectivity index (χ0) is 15.9. The first-order chi connectivity index (χ1) is 9.64. The molecule has 1 aromatic rings. The fraction of sp³-hybridized carbons (Fsp3) is 0.500. The summed E-state index contributed by atoms with van der Waals surface area (Å²) in [6.45, 7) is 6.92. The molecule has 1 saturated heterocycles. The molecule has 1 aliphatic heterocycles. The summed E-state index contributed by atoms with van der Waals surface area (Å²) >= 11 is 0. The van der Waals surface area contributed by atoms with Crippen LogP contribution in [-0.2, 0) is 9.59 Å². The molecule has 3 N–H and O–H groups in total. The van der Waals surface area contributed by atoms with Gasteiger partial charge in [-0.15, -0.1) is 0 Å². The SMILES string of the molecule is CC(C)n1cc(N)cc1C(=O)N1CC(=O)NC(=O)C1(C)C. The minimum atomic E-state index is -1.09. The van der Waals surface area contributed by atoms with Gasteiger partial charge in [-0.25, -0.2) is 0 Å². The number of carbonyl (C=O) groups is 3. The zero-order valence-corrected chi connectivity index (χ0v) is 12.6. The van der Waals surface area contributed by atoms with Crippen LogP contribution in [0.15, 0.2) is 12.3 Å². The Kier molecular flexibility index (Phi) is 3.52. The van der Waals surface area contributed by atoms with E-state index in [1.54, 1.807) is 30.7 Å². The lowest BCUT2D eigenvalue weighted by atomic mass is 9.98. The molecule has 0 aliphatic carbocycles. The molecule has 7 nitrogen and oxygen atoms in total. The Morgan fingerprint density at radius 2 is 2.00 bits per heavy atom. The molecule has 0 aromatic carbocycles. The van der Waals surface area contributed by atoms with E-state index in [9.17, 15) is 14.4 Å². The number of nitrogens with one attached hydrogen (secondary N) is 1. The minimum absolute atomic E-state index is 0.0404. The van der Waals surface area contributed by atoms with Gasteiger partial charge in [-0.3, -0.25) is 19.7 Å². The molecule has 0 saturated carbocycles. The zero-order valence-electron chi connectivity index (χ0n) is 12.6. The van der Waals surface area contributed by atoms with Crippen molar-refractivity contribution in [1.29, 1.82) is 0 Å². The van der Waals surface area contributed by atoms with E-state index in [1.807, 2.05) is 13.8 Å². The Bertz CT molecular complexity index is 616. The number of amides is 3. The molecule has 2 rings (SSSR count). The van der Waals surface area contributed by atoms with Gasteiger partial charge >= 0.3 is 0 Å². The van der Waals surface area contributed by atoms with Crippen LogP contribution in [0.1, 0.15) is 44.2 Å². The number of nitrogen functional groups attached to an aromatic ring is 1. The van der Waals surface area contributed by atoms with Crippen molar-refractivity contribution < 1.29 is 14.4 Å².